The van der Waals surface area contributed by atoms with Crippen molar-refractivity contribution in [3.8, 4) is 0 Å². The van der Waals surface area contributed by atoms with E-state index in [-0.39, 0.29) is 11.1 Å². The molecule has 0 saturated heterocycles. The number of hydrogen-bond donors (Lipinski definition) is 2. The summed E-state index contributed by atoms with van der Waals surface area (Å²) in [6.45, 7) is 6.77. The minimum atomic E-state index is -1.31. The number of fused-ring (bicyclic) bond motifs is 1. The lowest BCUT2D eigenvalue weighted by Crippen LogP contribution is -2.52. The second-order valence-corrected chi connectivity index (χ2v) is 7.31. The van der Waals surface area contributed by atoms with E-state index in [0.717, 1.165) is 4.90 Å². The van der Waals surface area contributed by atoms with Gasteiger partial charge in [0.05, 0.1) is 11.1 Å². The summed E-state index contributed by atoms with van der Waals surface area (Å²) < 4.78 is 5.36. The number of primary amides is 1. The van der Waals surface area contributed by atoms with Gasteiger partial charge in [0.25, 0.3) is 17.7 Å². The highest BCUT2D eigenvalue weighted by Gasteiger charge is 2.46. The summed E-state index contributed by atoms with van der Waals surface area (Å²) in [5, 5.41) is 1.89. The van der Waals surface area contributed by atoms with E-state index in [1.165, 1.54) is 12.1 Å². The van der Waals surface area contributed by atoms with Crippen LogP contribution in [0.2, 0.25) is 0 Å². The quantitative estimate of drug-likeness (QED) is 0.522. The average molecular weight is 403 g/mol. The fourth-order valence-corrected chi connectivity index (χ4v) is 3.16. The molecule has 0 radical (unpaired) electrons. The summed E-state index contributed by atoms with van der Waals surface area (Å²) in [7, 11) is 0. The molecule has 9 heteroatoms. The van der Waals surface area contributed by atoms with E-state index < -0.39 is 53.7 Å². The van der Waals surface area contributed by atoms with E-state index in [4.69, 9.17) is 10.5 Å². The highest BCUT2D eigenvalue weighted by Crippen LogP contribution is 2.29. The van der Waals surface area contributed by atoms with E-state index >= 15 is 0 Å². The van der Waals surface area contributed by atoms with Crippen molar-refractivity contribution in [1.82, 2.24) is 10.2 Å². The Bertz CT molecular complexity index is 815. The topological polar surface area (TPSA) is 136 Å². The maximum atomic E-state index is 13.0. The monoisotopic (exact) mass is 403 g/mol. The zero-order valence-corrected chi connectivity index (χ0v) is 16.8. The third-order valence-corrected chi connectivity index (χ3v) is 4.88. The van der Waals surface area contributed by atoms with E-state index in [2.05, 4.69) is 0 Å². The number of benzene rings is 1. The molecule has 156 valence electrons. The Morgan fingerprint density at radius 1 is 1.07 bits per heavy atom. The number of carbonyl (C=O) groups excluding carboxylic acids is 5. The molecule has 9 nitrogen and oxygen atoms in total. The third-order valence-electron chi connectivity index (χ3n) is 4.88. The molecule has 1 aromatic carbocycles. The Kier molecular flexibility index (Phi) is 6.73. The van der Waals surface area contributed by atoms with E-state index in [0.29, 0.717) is 6.42 Å². The van der Waals surface area contributed by atoms with Crippen molar-refractivity contribution in [2.24, 2.45) is 17.6 Å². The average Bonchev–Trinajstić information content (AvgIpc) is 2.90. The first-order valence-electron chi connectivity index (χ1n) is 9.37. The number of imide groups is 2. The maximum Gasteiger partial charge on any atom is 0.330 e. The van der Waals surface area contributed by atoms with Crippen LogP contribution in [0.5, 0.6) is 0 Å². The van der Waals surface area contributed by atoms with Crippen LogP contribution in [-0.4, -0.2) is 46.8 Å². The van der Waals surface area contributed by atoms with Gasteiger partial charge >= 0.3 is 12.0 Å². The van der Waals surface area contributed by atoms with Gasteiger partial charge in [-0.1, -0.05) is 46.2 Å². The zero-order chi connectivity index (χ0) is 21.9. The fraction of sp³-hybridized carbons (Fsp3) is 0.450. The second-order valence-electron chi connectivity index (χ2n) is 7.31. The van der Waals surface area contributed by atoms with Gasteiger partial charge in [-0.2, -0.15) is 0 Å². The van der Waals surface area contributed by atoms with Gasteiger partial charge in [0.1, 0.15) is 6.04 Å². The van der Waals surface area contributed by atoms with Crippen LogP contribution in [0.15, 0.2) is 24.3 Å². The van der Waals surface area contributed by atoms with Crippen molar-refractivity contribution >= 4 is 29.7 Å². The van der Waals surface area contributed by atoms with Crippen LogP contribution in [0.4, 0.5) is 4.79 Å². The molecule has 0 saturated carbocycles. The number of hydrogen-bond acceptors (Lipinski definition) is 6. The smallest absolute Gasteiger partial charge is 0.330 e. The normalized spacial score (nSPS) is 16.2. The molecular formula is C20H25N3O6. The third kappa shape index (κ3) is 4.44. The lowest BCUT2D eigenvalue weighted by atomic mass is 9.97. The van der Waals surface area contributed by atoms with E-state index in [1.54, 1.807) is 32.9 Å². The molecule has 29 heavy (non-hydrogen) atoms. The number of ether oxygens (including phenoxy) is 1. The molecule has 0 spiro atoms. The van der Waals surface area contributed by atoms with E-state index in [9.17, 15) is 24.0 Å². The van der Waals surface area contributed by atoms with Crippen LogP contribution in [0.1, 0.15) is 54.8 Å². The number of urea groups is 1. The van der Waals surface area contributed by atoms with Crippen molar-refractivity contribution < 1.29 is 28.7 Å². The first-order chi connectivity index (χ1) is 13.6. The molecular weight excluding hydrogens is 378 g/mol. The molecule has 0 unspecified atom stereocenters. The van der Waals surface area contributed by atoms with Gasteiger partial charge in [-0.05, 0) is 24.0 Å². The number of nitrogens with one attached hydrogen (secondary N) is 1. The number of rotatable bonds is 7. The molecule has 0 aromatic heterocycles. The van der Waals surface area contributed by atoms with Crippen molar-refractivity contribution in [3.63, 3.8) is 0 Å². The predicted molar refractivity (Wildman–Crippen MR) is 103 cm³/mol. The number of nitrogens with zero attached hydrogens (tertiary/aromatic N) is 1. The van der Waals surface area contributed by atoms with Gasteiger partial charge < -0.3 is 10.5 Å². The molecule has 1 aromatic rings. The number of amides is 5. The number of carbonyl (C=O) groups is 5. The Labute approximate surface area is 168 Å². The van der Waals surface area contributed by atoms with Crippen LogP contribution in [0, 0.1) is 11.8 Å². The highest BCUT2D eigenvalue weighted by molar-refractivity contribution is 6.22. The van der Waals surface area contributed by atoms with Crippen LogP contribution < -0.4 is 11.1 Å². The summed E-state index contributed by atoms with van der Waals surface area (Å²) in [5.74, 6) is -3.83. The maximum absolute atomic E-state index is 13.0. The molecule has 1 heterocycles. The molecule has 2 rings (SSSR count). The first-order valence-corrected chi connectivity index (χ1v) is 9.37. The van der Waals surface area contributed by atoms with Crippen LogP contribution in [0.3, 0.4) is 0 Å². The zero-order valence-electron chi connectivity index (χ0n) is 16.8. The van der Waals surface area contributed by atoms with Crippen LogP contribution in [0.25, 0.3) is 0 Å². The fourth-order valence-electron chi connectivity index (χ4n) is 3.16. The van der Waals surface area contributed by atoms with Gasteiger partial charge in [0.15, 0.2) is 6.10 Å². The molecule has 3 N–H and O–H groups in total. The summed E-state index contributed by atoms with van der Waals surface area (Å²) in [5.41, 5.74) is 5.39. The minimum Gasteiger partial charge on any atom is -0.450 e. The van der Waals surface area contributed by atoms with Gasteiger partial charge in [-0.25, -0.2) is 9.59 Å². The van der Waals surface area contributed by atoms with E-state index in [1.807, 2.05) is 12.2 Å². The lowest BCUT2D eigenvalue weighted by molar-refractivity contribution is -0.163. The molecule has 5 amide bonds. The standard InChI is InChI=1S/C20H25N3O6/c1-5-11(4)14(19(27)29-15(10(2)3)16(24)22-20(21)28)23-17(25)12-8-6-7-9-13(12)18(23)26/h6-11,14-15H,5H2,1-4H3,(H3,21,22,24,28)/t11-,14-,15+/m0/s1. The molecule has 1 aliphatic rings. The second kappa shape index (κ2) is 8.85. The van der Waals surface area contributed by atoms with Gasteiger partial charge in [0.2, 0.25) is 0 Å². The van der Waals surface area contributed by atoms with Gasteiger partial charge in [0, 0.05) is 0 Å². The SMILES string of the molecule is CC[C@H](C)[C@@H](C(=O)O[C@@H](C(=O)NC(N)=O)C(C)C)N1C(=O)c2ccccc2C1=O. The van der Waals surface area contributed by atoms with Crippen molar-refractivity contribution in [1.29, 1.82) is 0 Å². The summed E-state index contributed by atoms with van der Waals surface area (Å²) in [6, 6.07) is 4.02. The molecule has 3 atom stereocenters. The largest absolute Gasteiger partial charge is 0.450 e. The number of nitrogens with two attached hydrogens (primary N) is 1. The van der Waals surface area contributed by atoms with Gasteiger partial charge in [-0.3, -0.25) is 24.6 Å². The molecule has 1 aliphatic heterocycles. The summed E-state index contributed by atoms with van der Waals surface area (Å²) in [6.07, 6.45) is -0.829. The van der Waals surface area contributed by atoms with Crippen molar-refractivity contribution in [2.45, 2.75) is 46.3 Å². The van der Waals surface area contributed by atoms with Gasteiger partial charge in [-0.15, -0.1) is 0 Å². The van der Waals surface area contributed by atoms with Crippen LogP contribution in [-0.2, 0) is 14.3 Å². The van der Waals surface area contributed by atoms with Crippen molar-refractivity contribution in [2.75, 3.05) is 0 Å². The molecule has 0 fully saturated rings. The highest BCUT2D eigenvalue weighted by atomic mass is 16.6. The lowest BCUT2D eigenvalue weighted by Gasteiger charge is -2.31. The summed E-state index contributed by atoms with van der Waals surface area (Å²) >= 11 is 0. The minimum absolute atomic E-state index is 0.213. The number of esters is 1. The Morgan fingerprint density at radius 2 is 1.59 bits per heavy atom. The van der Waals surface area contributed by atoms with Crippen molar-refractivity contribution in [3.05, 3.63) is 35.4 Å². The summed E-state index contributed by atoms with van der Waals surface area (Å²) in [4.78, 5) is 62.7. The Morgan fingerprint density at radius 3 is 2.00 bits per heavy atom. The predicted octanol–water partition coefficient (Wildman–Crippen LogP) is 1.46. The Hall–Kier alpha value is -3.23. The van der Waals surface area contributed by atoms with Crippen LogP contribution >= 0.6 is 0 Å². The first kappa shape index (κ1) is 22.1. The Balaban J connectivity index is 2.34. The molecule has 0 aliphatic carbocycles. The molecule has 0 bridgehead atoms.